The molecule has 8 heteroatoms. The van der Waals surface area contributed by atoms with Crippen LogP contribution in [0.2, 0.25) is 0 Å². The minimum absolute atomic E-state index is 0.00694. The second-order valence-corrected chi connectivity index (χ2v) is 11.3. The number of piperidine rings is 2. The van der Waals surface area contributed by atoms with E-state index in [2.05, 4.69) is 27.4 Å². The third-order valence-corrected chi connectivity index (χ3v) is 9.06. The van der Waals surface area contributed by atoms with Crippen LogP contribution in [0.4, 0.5) is 5.82 Å². The fourth-order valence-corrected chi connectivity index (χ4v) is 6.92. The molecule has 3 saturated heterocycles. The molecule has 5 heterocycles. The lowest BCUT2D eigenvalue weighted by Crippen LogP contribution is -2.51. The molecule has 4 aliphatic heterocycles. The molecule has 2 aromatic rings. The van der Waals surface area contributed by atoms with Gasteiger partial charge in [-0.3, -0.25) is 9.59 Å². The normalized spacial score (nSPS) is 25.1. The number of fused-ring (bicyclic) bond motifs is 3. The smallest absolute Gasteiger partial charge is 0.253 e. The fraction of sp³-hybridized carbons (Fsp3) is 0.567. The van der Waals surface area contributed by atoms with Gasteiger partial charge in [-0.05, 0) is 75.8 Å². The van der Waals surface area contributed by atoms with Gasteiger partial charge in [0, 0.05) is 61.0 Å². The summed E-state index contributed by atoms with van der Waals surface area (Å²) in [4.78, 5) is 35.5. The molecule has 2 amide bonds. The van der Waals surface area contributed by atoms with Gasteiger partial charge in [0.05, 0.1) is 12.2 Å². The van der Waals surface area contributed by atoms with Crippen LogP contribution < -0.4 is 20.3 Å². The van der Waals surface area contributed by atoms with Gasteiger partial charge in [0.15, 0.2) is 0 Å². The first-order valence-corrected chi connectivity index (χ1v) is 14.3. The van der Waals surface area contributed by atoms with E-state index in [0.29, 0.717) is 29.8 Å². The third-order valence-electron chi connectivity index (χ3n) is 9.06. The number of likely N-dealkylation sites (tertiary alicyclic amines) is 1. The van der Waals surface area contributed by atoms with E-state index in [1.165, 1.54) is 5.56 Å². The van der Waals surface area contributed by atoms with Crippen LogP contribution in [-0.4, -0.2) is 72.1 Å². The van der Waals surface area contributed by atoms with Crippen molar-refractivity contribution >= 4 is 17.6 Å². The number of aromatic nitrogens is 1. The fourth-order valence-electron chi connectivity index (χ4n) is 6.92. The van der Waals surface area contributed by atoms with E-state index < -0.39 is 0 Å². The molecule has 0 aliphatic carbocycles. The Kier molecular flexibility index (Phi) is 6.99. The van der Waals surface area contributed by atoms with Gasteiger partial charge in [-0.15, -0.1) is 0 Å². The molecule has 1 aromatic carbocycles. The predicted molar refractivity (Wildman–Crippen MR) is 147 cm³/mol. The lowest BCUT2D eigenvalue weighted by Gasteiger charge is -2.40. The number of carbonyl (C=O) groups is 2. The number of hydrogen-bond donors (Lipinski definition) is 2. The van der Waals surface area contributed by atoms with Crippen LogP contribution in [0.15, 0.2) is 30.5 Å². The summed E-state index contributed by atoms with van der Waals surface area (Å²) in [5.74, 6) is 1.78. The van der Waals surface area contributed by atoms with Crippen LogP contribution in [0.5, 0.6) is 5.75 Å². The summed E-state index contributed by atoms with van der Waals surface area (Å²) in [6, 6.07) is 8.95. The number of ether oxygens (including phenoxy) is 1. The van der Waals surface area contributed by atoms with Crippen molar-refractivity contribution in [3.63, 3.8) is 0 Å². The summed E-state index contributed by atoms with van der Waals surface area (Å²) in [5, 5.41) is 6.51. The van der Waals surface area contributed by atoms with E-state index in [9.17, 15) is 9.59 Å². The highest BCUT2D eigenvalue weighted by molar-refractivity contribution is 5.97. The Bertz CT molecular complexity index is 1180. The Labute approximate surface area is 225 Å². The lowest BCUT2D eigenvalue weighted by molar-refractivity contribution is 0.0908. The zero-order chi connectivity index (χ0) is 26.2. The first-order valence-electron chi connectivity index (χ1n) is 14.3. The van der Waals surface area contributed by atoms with Gasteiger partial charge in [-0.25, -0.2) is 4.98 Å². The second-order valence-electron chi connectivity index (χ2n) is 11.3. The number of benzene rings is 1. The van der Waals surface area contributed by atoms with Gasteiger partial charge < -0.3 is 25.2 Å². The molecule has 0 radical (unpaired) electrons. The maximum Gasteiger partial charge on any atom is 0.253 e. The largest absolute Gasteiger partial charge is 0.493 e. The first-order chi connectivity index (χ1) is 18.5. The average Bonchev–Trinajstić information content (AvgIpc) is 3.52. The molecule has 202 valence electrons. The van der Waals surface area contributed by atoms with Crippen molar-refractivity contribution in [2.45, 2.75) is 83.0 Å². The molecule has 0 saturated carbocycles. The molecule has 8 nitrogen and oxygen atoms in total. The molecule has 0 spiro atoms. The van der Waals surface area contributed by atoms with E-state index in [1.54, 1.807) is 6.20 Å². The molecule has 6 rings (SSSR count). The minimum Gasteiger partial charge on any atom is -0.493 e. The van der Waals surface area contributed by atoms with E-state index in [-0.39, 0.29) is 23.9 Å². The van der Waals surface area contributed by atoms with E-state index >= 15 is 0 Å². The molecule has 2 N–H and O–H groups in total. The van der Waals surface area contributed by atoms with Crippen LogP contribution in [-0.2, 0) is 6.42 Å². The first kappa shape index (κ1) is 25.2. The van der Waals surface area contributed by atoms with Crippen molar-refractivity contribution < 1.29 is 14.3 Å². The van der Waals surface area contributed by atoms with Crippen LogP contribution >= 0.6 is 0 Å². The van der Waals surface area contributed by atoms with Crippen LogP contribution in [0.1, 0.15) is 77.3 Å². The number of nitrogens with one attached hydrogen (secondary N) is 2. The van der Waals surface area contributed by atoms with Crippen molar-refractivity contribution in [3.8, 4) is 5.75 Å². The van der Waals surface area contributed by atoms with Crippen LogP contribution in [0, 0.1) is 6.92 Å². The highest BCUT2D eigenvalue weighted by Crippen LogP contribution is 2.39. The Balaban J connectivity index is 1.06. The van der Waals surface area contributed by atoms with Gasteiger partial charge in [-0.2, -0.15) is 0 Å². The molecule has 2 bridgehead atoms. The number of rotatable bonds is 6. The molecule has 3 atom stereocenters. The Morgan fingerprint density at radius 2 is 1.71 bits per heavy atom. The molecule has 38 heavy (non-hydrogen) atoms. The van der Waals surface area contributed by atoms with Crippen molar-refractivity contribution in [1.29, 1.82) is 0 Å². The summed E-state index contributed by atoms with van der Waals surface area (Å²) < 4.78 is 5.77. The van der Waals surface area contributed by atoms with Gasteiger partial charge >= 0.3 is 0 Å². The summed E-state index contributed by atoms with van der Waals surface area (Å²) >= 11 is 0. The summed E-state index contributed by atoms with van der Waals surface area (Å²) in [5.41, 5.74) is 3.47. The van der Waals surface area contributed by atoms with Crippen LogP contribution in [0.3, 0.4) is 0 Å². The molecular formula is C30H39N5O3. The van der Waals surface area contributed by atoms with E-state index in [4.69, 9.17) is 9.72 Å². The van der Waals surface area contributed by atoms with Gasteiger partial charge in [0.2, 0.25) is 0 Å². The maximum atomic E-state index is 13.2. The Morgan fingerprint density at radius 3 is 2.39 bits per heavy atom. The summed E-state index contributed by atoms with van der Waals surface area (Å²) in [6.45, 7) is 8.01. The Morgan fingerprint density at radius 1 is 0.974 bits per heavy atom. The molecule has 1 unspecified atom stereocenters. The number of nitrogens with zero attached hydrogens (tertiary/aromatic N) is 3. The van der Waals surface area contributed by atoms with E-state index in [1.807, 2.05) is 31.2 Å². The minimum atomic E-state index is -0.0318. The van der Waals surface area contributed by atoms with Crippen molar-refractivity contribution in [2.75, 3.05) is 31.1 Å². The summed E-state index contributed by atoms with van der Waals surface area (Å²) in [7, 11) is 0. The average molecular weight is 518 g/mol. The second kappa shape index (κ2) is 10.6. The molecule has 3 fully saturated rings. The number of carbonyl (C=O) groups excluding carboxylic acids is 2. The molecule has 4 aliphatic rings. The Hall–Kier alpha value is -3.13. The highest BCUT2D eigenvalue weighted by atomic mass is 16.5. The van der Waals surface area contributed by atoms with Gasteiger partial charge in [-0.1, -0.05) is 13.0 Å². The van der Waals surface area contributed by atoms with Gasteiger partial charge in [0.1, 0.15) is 11.6 Å². The lowest BCUT2D eigenvalue weighted by atomic mass is 9.96. The predicted octanol–water partition coefficient (Wildman–Crippen LogP) is 3.47. The van der Waals surface area contributed by atoms with Crippen molar-refractivity contribution in [1.82, 2.24) is 20.5 Å². The highest BCUT2D eigenvalue weighted by Gasteiger charge is 2.42. The third kappa shape index (κ3) is 4.86. The zero-order valence-corrected chi connectivity index (χ0v) is 22.5. The number of hydrogen-bond acceptors (Lipinski definition) is 6. The number of anilines is 1. The van der Waals surface area contributed by atoms with Crippen molar-refractivity contribution in [2.24, 2.45) is 0 Å². The SMILES string of the molecule is CCN1CCC(NC(=O)c2ccc(N3[C@@H]4CC[C@H]3CC(NC(=O)c3ccc5c(c3C)OCC5)C4)nc2)CC1. The topological polar surface area (TPSA) is 86.8 Å². The van der Waals surface area contributed by atoms with E-state index in [0.717, 1.165) is 81.7 Å². The van der Waals surface area contributed by atoms with Crippen molar-refractivity contribution in [3.05, 3.63) is 52.7 Å². The summed E-state index contributed by atoms with van der Waals surface area (Å²) in [6.07, 6.45) is 8.65. The van der Waals surface area contributed by atoms with Gasteiger partial charge in [0.25, 0.3) is 11.8 Å². The number of pyridine rings is 1. The molecular weight excluding hydrogens is 478 g/mol. The maximum absolute atomic E-state index is 13.2. The van der Waals surface area contributed by atoms with Crippen LogP contribution in [0.25, 0.3) is 0 Å². The monoisotopic (exact) mass is 517 g/mol. The number of amides is 2. The zero-order valence-electron chi connectivity index (χ0n) is 22.5. The standard InChI is InChI=1S/C30H39N5O3/c1-3-34-13-10-22(11-14-34)32-29(36)21-5-9-27(31-18-21)35-24-6-7-25(35)17-23(16-24)33-30(37)26-8-4-20-12-15-38-28(20)19(26)2/h4-5,8-9,18,22-25H,3,6-7,10-17H2,1-2H3,(H,32,36)(H,33,37)/t23?,24-,25+. The molecule has 1 aromatic heterocycles. The quantitative estimate of drug-likeness (QED) is 0.610.